The summed E-state index contributed by atoms with van der Waals surface area (Å²) < 4.78 is 46.6. The molecular formula is C14H19FN2O3S2. The molecule has 1 heterocycles. The number of hydrogen-bond donors (Lipinski definition) is 1. The molecule has 1 atom stereocenters. The summed E-state index contributed by atoms with van der Waals surface area (Å²) in [5.74, 6) is -0.653. The van der Waals surface area contributed by atoms with Gasteiger partial charge in [-0.1, -0.05) is 13.8 Å². The molecule has 0 spiro atoms. The highest BCUT2D eigenvalue weighted by atomic mass is 32.2. The van der Waals surface area contributed by atoms with Gasteiger partial charge in [-0.05, 0) is 18.9 Å². The third-order valence-corrected chi connectivity index (χ3v) is 5.49. The Labute approximate surface area is 133 Å². The van der Waals surface area contributed by atoms with Gasteiger partial charge in [0.15, 0.2) is 5.82 Å². The molecule has 8 heteroatoms. The molecule has 122 valence electrons. The van der Waals surface area contributed by atoms with Crippen molar-refractivity contribution < 1.29 is 17.5 Å². The molecule has 0 amide bonds. The van der Waals surface area contributed by atoms with Gasteiger partial charge in [-0.3, -0.25) is 4.72 Å². The second-order valence-corrected chi connectivity index (χ2v) is 8.44. The molecule has 0 aliphatic carbocycles. The summed E-state index contributed by atoms with van der Waals surface area (Å²) in [5.41, 5.74) is 0.467. The van der Waals surface area contributed by atoms with Gasteiger partial charge in [0.2, 0.25) is 10.0 Å². The van der Waals surface area contributed by atoms with Crippen molar-refractivity contribution in [1.82, 2.24) is 4.98 Å². The van der Waals surface area contributed by atoms with Gasteiger partial charge < -0.3 is 4.74 Å². The van der Waals surface area contributed by atoms with Gasteiger partial charge in [0.1, 0.15) is 5.52 Å². The molecule has 0 saturated carbocycles. The van der Waals surface area contributed by atoms with E-state index in [1.54, 1.807) is 13.0 Å². The standard InChI is InChI=1S/C14H19FN2O3S2/c1-8(2)12(20-4)7-22(18,19)17-10-5-11(15)14-13(6-10)21-9(3)16-14/h5-6,8,12,17H,7H2,1-4H3. The van der Waals surface area contributed by atoms with Crippen LogP contribution in [0.3, 0.4) is 0 Å². The molecule has 0 fully saturated rings. The lowest BCUT2D eigenvalue weighted by atomic mass is 10.1. The van der Waals surface area contributed by atoms with Gasteiger partial charge in [-0.25, -0.2) is 17.8 Å². The van der Waals surface area contributed by atoms with Crippen LogP contribution in [0.2, 0.25) is 0 Å². The first-order valence-corrected chi connectivity index (χ1v) is 9.28. The van der Waals surface area contributed by atoms with Crippen LogP contribution in [0.15, 0.2) is 12.1 Å². The number of hydrogen-bond acceptors (Lipinski definition) is 5. The second-order valence-electron chi connectivity index (χ2n) is 5.44. The number of rotatable bonds is 6. The zero-order chi connectivity index (χ0) is 16.5. The van der Waals surface area contributed by atoms with Gasteiger partial charge >= 0.3 is 0 Å². The van der Waals surface area contributed by atoms with E-state index in [9.17, 15) is 12.8 Å². The third kappa shape index (κ3) is 3.93. The number of nitrogens with zero attached hydrogens (tertiary/aromatic N) is 1. The molecule has 2 aromatic rings. The van der Waals surface area contributed by atoms with Crippen molar-refractivity contribution in [3.05, 3.63) is 23.0 Å². The third-order valence-electron chi connectivity index (χ3n) is 3.26. The Kier molecular flexibility index (Phi) is 5.03. The summed E-state index contributed by atoms with van der Waals surface area (Å²) in [6, 6.07) is 2.74. The molecule has 0 saturated heterocycles. The lowest BCUT2D eigenvalue weighted by Gasteiger charge is -2.19. The number of fused-ring (bicyclic) bond motifs is 1. The Morgan fingerprint density at radius 3 is 2.68 bits per heavy atom. The molecule has 0 aliphatic rings. The summed E-state index contributed by atoms with van der Waals surface area (Å²) in [4.78, 5) is 4.08. The predicted octanol–water partition coefficient (Wildman–Crippen LogP) is 3.16. The van der Waals surface area contributed by atoms with E-state index in [4.69, 9.17) is 4.74 Å². The maximum Gasteiger partial charge on any atom is 0.235 e. The lowest BCUT2D eigenvalue weighted by Crippen LogP contribution is -2.31. The van der Waals surface area contributed by atoms with E-state index in [1.165, 1.54) is 18.4 Å². The summed E-state index contributed by atoms with van der Waals surface area (Å²) in [6.45, 7) is 5.55. The highest BCUT2D eigenvalue weighted by Gasteiger charge is 2.22. The first-order valence-electron chi connectivity index (χ1n) is 6.82. The Bertz CT molecular complexity index is 772. The van der Waals surface area contributed by atoms with Crippen LogP contribution in [0.1, 0.15) is 18.9 Å². The fourth-order valence-electron chi connectivity index (χ4n) is 2.13. The smallest absolute Gasteiger partial charge is 0.235 e. The van der Waals surface area contributed by atoms with Gasteiger partial charge in [-0.15, -0.1) is 11.3 Å². The van der Waals surface area contributed by atoms with Crippen LogP contribution in [0, 0.1) is 18.7 Å². The van der Waals surface area contributed by atoms with E-state index in [-0.39, 0.29) is 22.9 Å². The number of sulfonamides is 1. The Hall–Kier alpha value is -1.25. The highest BCUT2D eigenvalue weighted by molar-refractivity contribution is 7.92. The molecule has 1 aromatic heterocycles. The summed E-state index contributed by atoms with van der Waals surface area (Å²) in [5, 5.41) is 0.730. The monoisotopic (exact) mass is 346 g/mol. The average Bonchev–Trinajstić information content (AvgIpc) is 2.76. The van der Waals surface area contributed by atoms with E-state index in [0.29, 0.717) is 4.70 Å². The van der Waals surface area contributed by atoms with Crippen LogP contribution in [0.4, 0.5) is 10.1 Å². The first-order chi connectivity index (χ1) is 10.2. The molecular weight excluding hydrogens is 327 g/mol. The van der Waals surface area contributed by atoms with Gasteiger partial charge in [0.05, 0.1) is 27.3 Å². The van der Waals surface area contributed by atoms with Crippen molar-refractivity contribution in [1.29, 1.82) is 0 Å². The number of aromatic nitrogens is 1. The molecule has 1 N–H and O–H groups in total. The highest BCUT2D eigenvalue weighted by Crippen LogP contribution is 2.28. The van der Waals surface area contributed by atoms with Crippen molar-refractivity contribution >= 4 is 37.3 Å². The molecule has 2 rings (SSSR count). The maximum absolute atomic E-state index is 14.0. The quantitative estimate of drug-likeness (QED) is 0.872. The molecule has 1 aromatic carbocycles. The molecule has 22 heavy (non-hydrogen) atoms. The molecule has 0 aliphatic heterocycles. The van der Waals surface area contributed by atoms with Crippen LogP contribution >= 0.6 is 11.3 Å². The van der Waals surface area contributed by atoms with E-state index in [0.717, 1.165) is 11.1 Å². The molecule has 0 radical (unpaired) electrons. The number of aryl methyl sites for hydroxylation is 1. The summed E-state index contributed by atoms with van der Waals surface area (Å²) >= 11 is 1.32. The van der Waals surface area contributed by atoms with Crippen LogP contribution in [0.5, 0.6) is 0 Å². The van der Waals surface area contributed by atoms with Crippen LogP contribution in [-0.4, -0.2) is 32.4 Å². The van der Waals surface area contributed by atoms with Crippen LogP contribution < -0.4 is 4.72 Å². The molecule has 1 unspecified atom stereocenters. The fraction of sp³-hybridized carbons (Fsp3) is 0.500. The average molecular weight is 346 g/mol. The second kappa shape index (κ2) is 6.47. The van der Waals surface area contributed by atoms with Crippen LogP contribution in [0.25, 0.3) is 10.2 Å². The minimum absolute atomic E-state index is 0.0601. The molecule has 0 bridgehead atoms. The Morgan fingerprint density at radius 1 is 1.41 bits per heavy atom. The van der Waals surface area contributed by atoms with Crippen molar-refractivity contribution in [2.75, 3.05) is 17.6 Å². The van der Waals surface area contributed by atoms with Crippen molar-refractivity contribution in [3.63, 3.8) is 0 Å². The number of nitrogens with one attached hydrogen (secondary N) is 1. The largest absolute Gasteiger partial charge is 0.380 e. The van der Waals surface area contributed by atoms with Crippen molar-refractivity contribution in [2.45, 2.75) is 26.9 Å². The normalized spacial score (nSPS) is 13.7. The molecule has 5 nitrogen and oxygen atoms in total. The van der Waals surface area contributed by atoms with Crippen LogP contribution in [-0.2, 0) is 14.8 Å². The number of halogens is 1. The van der Waals surface area contributed by atoms with E-state index in [1.807, 2.05) is 13.8 Å². The van der Waals surface area contributed by atoms with E-state index in [2.05, 4.69) is 9.71 Å². The van der Waals surface area contributed by atoms with Gasteiger partial charge in [-0.2, -0.15) is 0 Å². The van der Waals surface area contributed by atoms with Gasteiger partial charge in [0.25, 0.3) is 0 Å². The number of benzene rings is 1. The van der Waals surface area contributed by atoms with E-state index < -0.39 is 21.9 Å². The van der Waals surface area contributed by atoms with E-state index >= 15 is 0 Å². The SMILES string of the molecule is COC(CS(=O)(=O)Nc1cc(F)c2nc(C)sc2c1)C(C)C. The lowest BCUT2D eigenvalue weighted by molar-refractivity contribution is 0.0829. The number of anilines is 1. The Morgan fingerprint density at radius 2 is 2.09 bits per heavy atom. The zero-order valence-electron chi connectivity index (χ0n) is 12.9. The number of thiazole rings is 1. The Balaban J connectivity index is 2.25. The first kappa shape index (κ1) is 17.1. The predicted molar refractivity (Wildman–Crippen MR) is 87.4 cm³/mol. The van der Waals surface area contributed by atoms with Crippen molar-refractivity contribution in [2.24, 2.45) is 5.92 Å². The van der Waals surface area contributed by atoms with Crippen molar-refractivity contribution in [3.8, 4) is 0 Å². The topological polar surface area (TPSA) is 68.3 Å². The maximum atomic E-state index is 14.0. The number of ether oxygens (including phenoxy) is 1. The minimum atomic E-state index is -3.63. The summed E-state index contributed by atoms with van der Waals surface area (Å²) in [7, 11) is -2.15. The fourth-order valence-corrected chi connectivity index (χ4v) is 4.52. The van der Waals surface area contributed by atoms with Gasteiger partial charge in [0, 0.05) is 13.2 Å². The minimum Gasteiger partial charge on any atom is -0.380 e. The number of methoxy groups -OCH3 is 1. The zero-order valence-corrected chi connectivity index (χ0v) is 14.5. The summed E-state index contributed by atoms with van der Waals surface area (Å²) in [6.07, 6.45) is -0.420.